The molecule has 6 nitrogen and oxygen atoms in total. The molecule has 0 amide bonds. The van der Waals surface area contributed by atoms with E-state index in [0.29, 0.717) is 18.1 Å². The fourth-order valence-corrected chi connectivity index (χ4v) is 2.00. The van der Waals surface area contributed by atoms with Crippen molar-refractivity contribution in [1.82, 2.24) is 10.6 Å². The molecular formula is C15H25IN4O2. The van der Waals surface area contributed by atoms with Crippen molar-refractivity contribution in [3.05, 3.63) is 39.9 Å². The van der Waals surface area contributed by atoms with E-state index < -0.39 is 0 Å². The Hall–Kier alpha value is -1.38. The summed E-state index contributed by atoms with van der Waals surface area (Å²) in [5, 5.41) is 17.3. The molecule has 0 aliphatic rings. The van der Waals surface area contributed by atoms with E-state index in [2.05, 4.69) is 22.5 Å². The number of para-hydroxylation sites is 1. The summed E-state index contributed by atoms with van der Waals surface area (Å²) >= 11 is 0. The minimum atomic E-state index is -0.363. The van der Waals surface area contributed by atoms with Crippen LogP contribution in [0.5, 0.6) is 0 Å². The van der Waals surface area contributed by atoms with Gasteiger partial charge in [-0.3, -0.25) is 15.1 Å². The summed E-state index contributed by atoms with van der Waals surface area (Å²) in [5.74, 6) is 0.671. The van der Waals surface area contributed by atoms with Gasteiger partial charge < -0.3 is 10.6 Å². The summed E-state index contributed by atoms with van der Waals surface area (Å²) in [6.07, 6.45) is 4.75. The predicted octanol–water partition coefficient (Wildman–Crippen LogP) is 3.46. The summed E-state index contributed by atoms with van der Waals surface area (Å²) in [6.45, 7) is 3.42. The van der Waals surface area contributed by atoms with Crippen molar-refractivity contribution in [1.29, 1.82) is 0 Å². The zero-order valence-corrected chi connectivity index (χ0v) is 15.5. The molecule has 0 aliphatic carbocycles. The Morgan fingerprint density at radius 1 is 1.23 bits per heavy atom. The van der Waals surface area contributed by atoms with E-state index in [0.717, 1.165) is 13.0 Å². The third-order valence-corrected chi connectivity index (χ3v) is 3.18. The van der Waals surface area contributed by atoms with Crippen LogP contribution >= 0.6 is 24.0 Å². The lowest BCUT2D eigenvalue weighted by molar-refractivity contribution is -0.385. The highest BCUT2D eigenvalue weighted by Gasteiger charge is 2.12. The molecule has 0 atom stereocenters. The second kappa shape index (κ2) is 12.2. The Bertz CT molecular complexity index is 480. The Morgan fingerprint density at radius 3 is 2.59 bits per heavy atom. The normalized spacial score (nSPS) is 10.7. The van der Waals surface area contributed by atoms with Gasteiger partial charge in [-0.15, -0.1) is 24.0 Å². The molecule has 1 rings (SSSR count). The number of benzene rings is 1. The smallest absolute Gasteiger partial charge is 0.274 e. The number of hydrogen-bond donors (Lipinski definition) is 2. The van der Waals surface area contributed by atoms with Crippen molar-refractivity contribution in [2.45, 2.75) is 39.2 Å². The number of rotatable bonds is 8. The molecule has 1 aromatic rings. The van der Waals surface area contributed by atoms with Crippen LogP contribution in [0, 0.1) is 10.1 Å². The highest BCUT2D eigenvalue weighted by atomic mass is 127. The van der Waals surface area contributed by atoms with E-state index >= 15 is 0 Å². The van der Waals surface area contributed by atoms with Gasteiger partial charge in [-0.05, 0) is 6.42 Å². The highest BCUT2D eigenvalue weighted by molar-refractivity contribution is 14.0. The molecule has 0 radical (unpaired) electrons. The Kier molecular flexibility index (Phi) is 11.4. The van der Waals surface area contributed by atoms with Crippen LogP contribution in [0.2, 0.25) is 0 Å². The first kappa shape index (κ1) is 20.6. The van der Waals surface area contributed by atoms with Crippen LogP contribution in [0.25, 0.3) is 0 Å². The van der Waals surface area contributed by atoms with Crippen molar-refractivity contribution in [2.75, 3.05) is 13.6 Å². The Morgan fingerprint density at radius 2 is 1.95 bits per heavy atom. The summed E-state index contributed by atoms with van der Waals surface area (Å²) in [6, 6.07) is 6.73. The minimum Gasteiger partial charge on any atom is -0.356 e. The van der Waals surface area contributed by atoms with Gasteiger partial charge in [-0.1, -0.05) is 44.4 Å². The summed E-state index contributed by atoms with van der Waals surface area (Å²) in [4.78, 5) is 14.7. The molecule has 22 heavy (non-hydrogen) atoms. The third kappa shape index (κ3) is 7.58. The van der Waals surface area contributed by atoms with E-state index in [1.807, 2.05) is 0 Å². The highest BCUT2D eigenvalue weighted by Crippen LogP contribution is 2.16. The zero-order chi connectivity index (χ0) is 15.5. The lowest BCUT2D eigenvalue weighted by Crippen LogP contribution is -2.37. The molecule has 0 fully saturated rings. The lowest BCUT2D eigenvalue weighted by atomic mass is 10.2. The average molecular weight is 420 g/mol. The first-order valence-corrected chi connectivity index (χ1v) is 7.35. The van der Waals surface area contributed by atoms with E-state index in [9.17, 15) is 10.1 Å². The largest absolute Gasteiger partial charge is 0.356 e. The quantitative estimate of drug-likeness (QED) is 0.169. The molecule has 2 N–H and O–H groups in total. The van der Waals surface area contributed by atoms with Crippen molar-refractivity contribution in [3.8, 4) is 0 Å². The average Bonchev–Trinajstić information content (AvgIpc) is 2.50. The van der Waals surface area contributed by atoms with Gasteiger partial charge in [0, 0.05) is 31.8 Å². The Balaban J connectivity index is 0.00000441. The number of nitrogens with zero attached hydrogens (tertiary/aromatic N) is 2. The van der Waals surface area contributed by atoms with Crippen LogP contribution in [0.15, 0.2) is 29.3 Å². The number of guanidine groups is 1. The summed E-state index contributed by atoms with van der Waals surface area (Å²) < 4.78 is 0. The fourth-order valence-electron chi connectivity index (χ4n) is 2.00. The van der Waals surface area contributed by atoms with Crippen LogP contribution < -0.4 is 10.6 Å². The molecule has 0 spiro atoms. The second-order valence-electron chi connectivity index (χ2n) is 4.80. The maximum Gasteiger partial charge on any atom is 0.274 e. The molecule has 0 aliphatic heterocycles. The molecule has 0 unspecified atom stereocenters. The van der Waals surface area contributed by atoms with Crippen molar-refractivity contribution < 1.29 is 4.92 Å². The number of nitro benzene ring substituents is 1. The van der Waals surface area contributed by atoms with Crippen LogP contribution in [0.3, 0.4) is 0 Å². The topological polar surface area (TPSA) is 79.6 Å². The summed E-state index contributed by atoms with van der Waals surface area (Å²) in [5.41, 5.74) is 0.778. The van der Waals surface area contributed by atoms with Gasteiger partial charge in [0.15, 0.2) is 5.96 Å². The van der Waals surface area contributed by atoms with Gasteiger partial charge >= 0.3 is 0 Å². The summed E-state index contributed by atoms with van der Waals surface area (Å²) in [7, 11) is 1.70. The Labute approximate surface area is 149 Å². The van der Waals surface area contributed by atoms with Gasteiger partial charge in [0.1, 0.15) is 0 Å². The number of nitrogens with one attached hydrogen (secondary N) is 2. The number of nitro groups is 1. The van der Waals surface area contributed by atoms with Crippen molar-refractivity contribution in [3.63, 3.8) is 0 Å². The molecule has 0 bridgehead atoms. The zero-order valence-electron chi connectivity index (χ0n) is 13.2. The van der Waals surface area contributed by atoms with E-state index in [1.165, 1.54) is 25.3 Å². The second-order valence-corrected chi connectivity index (χ2v) is 4.80. The van der Waals surface area contributed by atoms with E-state index in [4.69, 9.17) is 0 Å². The molecular weight excluding hydrogens is 395 g/mol. The maximum absolute atomic E-state index is 10.9. The number of hydrogen-bond acceptors (Lipinski definition) is 3. The maximum atomic E-state index is 10.9. The monoisotopic (exact) mass is 420 g/mol. The molecule has 1 aromatic carbocycles. The lowest BCUT2D eigenvalue weighted by Gasteiger charge is -2.12. The molecule has 7 heteroatoms. The third-order valence-electron chi connectivity index (χ3n) is 3.18. The van der Waals surface area contributed by atoms with Crippen molar-refractivity contribution >= 4 is 35.6 Å². The SMILES string of the molecule is CCCCCCNC(=NC)NCc1ccccc1[N+](=O)[O-].I. The van der Waals surface area contributed by atoms with Crippen LogP contribution in [-0.4, -0.2) is 24.5 Å². The molecule has 124 valence electrons. The van der Waals surface area contributed by atoms with Gasteiger partial charge in [-0.25, -0.2) is 0 Å². The van der Waals surface area contributed by atoms with Crippen LogP contribution in [-0.2, 0) is 6.54 Å². The van der Waals surface area contributed by atoms with Crippen LogP contribution in [0.1, 0.15) is 38.2 Å². The number of unbranched alkanes of at least 4 members (excludes halogenated alkanes) is 3. The number of aliphatic imine (C=N–C) groups is 1. The van der Waals surface area contributed by atoms with Crippen LogP contribution in [0.4, 0.5) is 5.69 Å². The minimum absolute atomic E-state index is 0. The van der Waals surface area contributed by atoms with E-state index in [-0.39, 0.29) is 34.6 Å². The standard InChI is InChI=1S/C15H24N4O2.HI/c1-3-4-5-8-11-17-15(16-2)18-12-13-9-6-7-10-14(13)19(20)21;/h6-7,9-10H,3-5,8,11-12H2,1-2H3,(H2,16,17,18);1H. The van der Waals surface area contributed by atoms with Gasteiger partial charge in [0.05, 0.1) is 4.92 Å². The van der Waals surface area contributed by atoms with E-state index in [1.54, 1.807) is 25.2 Å². The van der Waals surface area contributed by atoms with Gasteiger partial charge in [-0.2, -0.15) is 0 Å². The molecule has 0 saturated carbocycles. The first-order valence-electron chi connectivity index (χ1n) is 7.35. The molecule has 0 heterocycles. The van der Waals surface area contributed by atoms with Gasteiger partial charge in [0.25, 0.3) is 5.69 Å². The van der Waals surface area contributed by atoms with Crippen molar-refractivity contribution in [2.24, 2.45) is 4.99 Å². The molecule has 0 saturated heterocycles. The predicted molar refractivity (Wildman–Crippen MR) is 101 cm³/mol. The van der Waals surface area contributed by atoms with Gasteiger partial charge in [0.2, 0.25) is 0 Å². The first-order chi connectivity index (χ1) is 10.2. The molecule has 0 aromatic heterocycles. The number of halogens is 1. The fraction of sp³-hybridized carbons (Fsp3) is 0.533.